The van der Waals surface area contributed by atoms with Crippen LogP contribution in [0.2, 0.25) is 0 Å². The van der Waals surface area contributed by atoms with Crippen molar-refractivity contribution >= 4 is 5.91 Å². The molecule has 0 spiro atoms. The van der Waals surface area contributed by atoms with Gasteiger partial charge in [-0.25, -0.2) is 0 Å². The van der Waals surface area contributed by atoms with Crippen LogP contribution in [0.25, 0.3) is 0 Å². The Balaban J connectivity index is 1.39. The SMILES string of the molecule is C=CCN1CCOC2CN(C(=O)c3cc(C4CC4)on3)CCC2C1. The highest BCUT2D eigenvalue weighted by Crippen LogP contribution is 2.40. The summed E-state index contributed by atoms with van der Waals surface area (Å²) in [7, 11) is 0. The number of rotatable bonds is 4. The van der Waals surface area contributed by atoms with Crippen molar-refractivity contribution in [3.63, 3.8) is 0 Å². The van der Waals surface area contributed by atoms with Crippen LogP contribution in [0.15, 0.2) is 23.2 Å². The van der Waals surface area contributed by atoms with Crippen LogP contribution in [-0.2, 0) is 4.74 Å². The fourth-order valence-corrected chi connectivity index (χ4v) is 3.76. The van der Waals surface area contributed by atoms with Crippen LogP contribution < -0.4 is 0 Å². The number of amides is 1. The van der Waals surface area contributed by atoms with Gasteiger partial charge in [0.1, 0.15) is 5.76 Å². The number of hydrogen-bond donors (Lipinski definition) is 0. The first-order valence-corrected chi connectivity index (χ1v) is 8.95. The van der Waals surface area contributed by atoms with Gasteiger partial charge in [-0.2, -0.15) is 0 Å². The number of piperidine rings is 1. The average molecular weight is 331 g/mol. The Morgan fingerprint density at radius 1 is 1.33 bits per heavy atom. The first-order chi connectivity index (χ1) is 11.7. The van der Waals surface area contributed by atoms with Crippen molar-refractivity contribution in [1.82, 2.24) is 15.0 Å². The van der Waals surface area contributed by atoms with E-state index in [4.69, 9.17) is 9.26 Å². The van der Waals surface area contributed by atoms with Crippen molar-refractivity contribution in [3.05, 3.63) is 30.2 Å². The number of carbonyl (C=O) groups excluding carboxylic acids is 1. The second kappa shape index (κ2) is 6.69. The van der Waals surface area contributed by atoms with Crippen LogP contribution in [0.1, 0.15) is 41.4 Å². The summed E-state index contributed by atoms with van der Waals surface area (Å²) in [5.74, 6) is 1.79. The highest BCUT2D eigenvalue weighted by molar-refractivity contribution is 5.92. The summed E-state index contributed by atoms with van der Waals surface area (Å²) < 4.78 is 11.4. The molecule has 6 nitrogen and oxygen atoms in total. The minimum atomic E-state index is -0.0279. The summed E-state index contributed by atoms with van der Waals surface area (Å²) in [6.07, 6.45) is 5.32. The maximum atomic E-state index is 12.7. The standard InChI is InChI=1S/C18H25N3O3/c1-2-6-20-8-9-23-17-12-21(7-5-14(17)11-20)18(22)15-10-16(24-19-15)13-3-4-13/h2,10,13-14,17H,1,3-9,11-12H2. The van der Waals surface area contributed by atoms with Crippen molar-refractivity contribution in [2.75, 3.05) is 39.3 Å². The number of fused-ring (bicyclic) bond motifs is 1. The Hall–Kier alpha value is -1.66. The van der Waals surface area contributed by atoms with Gasteiger partial charge < -0.3 is 14.2 Å². The summed E-state index contributed by atoms with van der Waals surface area (Å²) >= 11 is 0. The topological polar surface area (TPSA) is 58.8 Å². The average Bonchev–Trinajstić information content (AvgIpc) is 3.36. The molecule has 4 rings (SSSR count). The highest BCUT2D eigenvalue weighted by atomic mass is 16.5. The molecule has 2 saturated heterocycles. The van der Waals surface area contributed by atoms with Gasteiger partial charge in [-0.05, 0) is 19.3 Å². The summed E-state index contributed by atoms with van der Waals surface area (Å²) in [6.45, 7) is 8.81. The van der Waals surface area contributed by atoms with Gasteiger partial charge in [0, 0.05) is 50.6 Å². The van der Waals surface area contributed by atoms with Crippen LogP contribution in [0.5, 0.6) is 0 Å². The number of hydrogen-bond acceptors (Lipinski definition) is 5. The summed E-state index contributed by atoms with van der Waals surface area (Å²) in [5.41, 5.74) is 0.442. The monoisotopic (exact) mass is 331 g/mol. The molecule has 0 aromatic carbocycles. The summed E-state index contributed by atoms with van der Waals surface area (Å²) in [4.78, 5) is 17.0. The van der Waals surface area contributed by atoms with Crippen LogP contribution in [-0.4, -0.2) is 66.3 Å². The second-order valence-electron chi connectivity index (χ2n) is 7.15. The van der Waals surface area contributed by atoms with Gasteiger partial charge in [0.15, 0.2) is 5.69 Å². The maximum absolute atomic E-state index is 12.7. The lowest BCUT2D eigenvalue weighted by Crippen LogP contribution is -2.49. The molecule has 0 N–H and O–H groups in total. The summed E-state index contributed by atoms with van der Waals surface area (Å²) in [5, 5.41) is 3.99. The number of nitrogens with zero attached hydrogens (tertiary/aromatic N) is 3. The molecular weight excluding hydrogens is 306 g/mol. The molecule has 1 aromatic rings. The smallest absolute Gasteiger partial charge is 0.276 e. The first-order valence-electron chi connectivity index (χ1n) is 8.95. The van der Waals surface area contributed by atoms with E-state index in [1.54, 1.807) is 0 Å². The van der Waals surface area contributed by atoms with Crippen LogP contribution in [0.3, 0.4) is 0 Å². The molecule has 3 heterocycles. The Morgan fingerprint density at radius 2 is 2.21 bits per heavy atom. The minimum Gasteiger partial charge on any atom is -0.375 e. The van der Waals surface area contributed by atoms with Crippen molar-refractivity contribution in [1.29, 1.82) is 0 Å². The quantitative estimate of drug-likeness (QED) is 0.789. The van der Waals surface area contributed by atoms with Gasteiger partial charge in [0.25, 0.3) is 5.91 Å². The van der Waals surface area contributed by atoms with Crippen molar-refractivity contribution < 1.29 is 14.1 Å². The zero-order chi connectivity index (χ0) is 16.5. The molecule has 1 aromatic heterocycles. The molecule has 3 aliphatic rings. The van der Waals surface area contributed by atoms with Crippen molar-refractivity contribution in [2.45, 2.75) is 31.3 Å². The highest BCUT2D eigenvalue weighted by Gasteiger charge is 2.36. The molecule has 1 aliphatic carbocycles. The fourth-order valence-electron chi connectivity index (χ4n) is 3.76. The van der Waals surface area contributed by atoms with E-state index in [2.05, 4.69) is 16.6 Å². The Labute approximate surface area is 142 Å². The lowest BCUT2D eigenvalue weighted by Gasteiger charge is -2.37. The molecule has 0 radical (unpaired) electrons. The molecule has 2 atom stereocenters. The van der Waals surface area contributed by atoms with Crippen LogP contribution >= 0.6 is 0 Å². The van der Waals surface area contributed by atoms with E-state index < -0.39 is 0 Å². The third-order valence-corrected chi connectivity index (χ3v) is 5.33. The Morgan fingerprint density at radius 3 is 3.00 bits per heavy atom. The molecule has 1 saturated carbocycles. The van der Waals surface area contributed by atoms with Gasteiger partial charge in [0.05, 0.1) is 12.7 Å². The van der Waals surface area contributed by atoms with E-state index in [1.807, 2.05) is 17.0 Å². The second-order valence-corrected chi connectivity index (χ2v) is 7.15. The molecule has 2 aliphatic heterocycles. The molecule has 130 valence electrons. The predicted molar refractivity (Wildman–Crippen MR) is 88.9 cm³/mol. The molecule has 0 bridgehead atoms. The summed E-state index contributed by atoms with van der Waals surface area (Å²) in [6, 6.07) is 1.83. The van der Waals surface area contributed by atoms with Gasteiger partial charge in [-0.3, -0.25) is 9.69 Å². The number of carbonyl (C=O) groups is 1. The third-order valence-electron chi connectivity index (χ3n) is 5.33. The number of aromatic nitrogens is 1. The Bertz CT molecular complexity index is 610. The van der Waals surface area contributed by atoms with Crippen molar-refractivity contribution in [2.24, 2.45) is 5.92 Å². The largest absolute Gasteiger partial charge is 0.375 e. The number of ether oxygens (including phenoxy) is 1. The van der Waals surface area contributed by atoms with Crippen LogP contribution in [0, 0.1) is 5.92 Å². The molecule has 24 heavy (non-hydrogen) atoms. The zero-order valence-electron chi connectivity index (χ0n) is 14.0. The first kappa shape index (κ1) is 15.8. The fraction of sp³-hybridized carbons (Fsp3) is 0.667. The van der Waals surface area contributed by atoms with E-state index in [0.29, 0.717) is 30.7 Å². The van der Waals surface area contributed by atoms with Gasteiger partial charge in [0.2, 0.25) is 0 Å². The lowest BCUT2D eigenvalue weighted by molar-refractivity contribution is -0.0173. The molecule has 3 fully saturated rings. The lowest BCUT2D eigenvalue weighted by atomic mass is 9.93. The number of likely N-dealkylation sites (tertiary alicyclic amines) is 1. The Kier molecular flexibility index (Phi) is 4.41. The van der Waals surface area contributed by atoms with E-state index in [9.17, 15) is 4.79 Å². The van der Waals surface area contributed by atoms with E-state index in [1.165, 1.54) is 0 Å². The van der Waals surface area contributed by atoms with Crippen molar-refractivity contribution in [3.8, 4) is 0 Å². The van der Waals surface area contributed by atoms with Gasteiger partial charge in [-0.15, -0.1) is 6.58 Å². The van der Waals surface area contributed by atoms with Crippen LogP contribution in [0.4, 0.5) is 0 Å². The van der Waals surface area contributed by atoms with E-state index >= 15 is 0 Å². The van der Waals surface area contributed by atoms with Gasteiger partial charge in [-0.1, -0.05) is 11.2 Å². The molecule has 6 heteroatoms. The van der Waals surface area contributed by atoms with E-state index in [-0.39, 0.29) is 12.0 Å². The minimum absolute atomic E-state index is 0.0279. The maximum Gasteiger partial charge on any atom is 0.276 e. The molecule has 1 amide bonds. The van der Waals surface area contributed by atoms with Gasteiger partial charge >= 0.3 is 0 Å². The van der Waals surface area contributed by atoms with E-state index in [0.717, 1.165) is 51.2 Å². The molecular formula is C18H25N3O3. The third kappa shape index (κ3) is 3.26. The zero-order valence-corrected chi connectivity index (χ0v) is 14.0. The predicted octanol–water partition coefficient (Wildman–Crippen LogP) is 1.90. The molecule has 2 unspecified atom stereocenters. The normalized spacial score (nSPS) is 28.2.